The van der Waals surface area contributed by atoms with E-state index in [1.54, 1.807) is 19.4 Å². The normalized spacial score (nSPS) is 15.3. The summed E-state index contributed by atoms with van der Waals surface area (Å²) in [5.74, 6) is 1.09. The van der Waals surface area contributed by atoms with E-state index in [1.165, 1.54) is 6.21 Å². The first-order valence-electron chi connectivity index (χ1n) is 10.5. The molecule has 1 aliphatic heterocycles. The number of hydrogen-bond donors (Lipinski definition) is 4. The molecule has 0 spiro atoms. The first-order chi connectivity index (χ1) is 15.0. The standard InChI is InChI=1S/C22H32N8O/c1-25-14-15(13-23)18-5-8-26-22(27-18)28-19-11-17(24)20(12-21(19)31-4)30-9-6-16(7-10-30)29(2)3/h5,8,11-14,16,23,25H,6-7,9-10,24H2,1-4H3,(H,26,27,28)/p+1/b15-14+,23-13?. The van der Waals surface area contributed by atoms with E-state index in [0.717, 1.165) is 31.6 Å². The van der Waals surface area contributed by atoms with Crippen molar-refractivity contribution in [2.45, 2.75) is 18.9 Å². The van der Waals surface area contributed by atoms with Gasteiger partial charge in [0.25, 0.3) is 0 Å². The Morgan fingerprint density at radius 2 is 2.10 bits per heavy atom. The van der Waals surface area contributed by atoms with Crippen LogP contribution in [0, 0.1) is 5.41 Å². The van der Waals surface area contributed by atoms with Crippen molar-refractivity contribution in [1.82, 2.24) is 14.9 Å². The molecular weight excluding hydrogens is 392 g/mol. The lowest BCUT2D eigenvalue weighted by Gasteiger charge is -2.37. The highest BCUT2D eigenvalue weighted by atomic mass is 16.5. The van der Waals surface area contributed by atoms with E-state index in [0.29, 0.717) is 40.4 Å². The fraction of sp³-hybridized carbons (Fsp3) is 0.409. The van der Waals surface area contributed by atoms with Crippen LogP contribution in [-0.2, 0) is 0 Å². The highest BCUT2D eigenvalue weighted by molar-refractivity contribution is 6.06. The second kappa shape index (κ2) is 10.2. The minimum atomic E-state index is 0.415. The molecule has 9 heteroatoms. The first kappa shape index (κ1) is 22.5. The number of quaternary nitrogens is 1. The SMILES string of the molecule is C[NH2+]/C=C(\C=N)c1ccnc(Nc2cc(N)c(N3CCC(N(C)C)CC3)cc2OC)n1. The summed E-state index contributed by atoms with van der Waals surface area (Å²) >= 11 is 0. The van der Waals surface area contributed by atoms with Gasteiger partial charge >= 0.3 is 0 Å². The largest absolute Gasteiger partial charge is 0.494 e. The molecule has 31 heavy (non-hydrogen) atoms. The van der Waals surface area contributed by atoms with Crippen molar-refractivity contribution < 1.29 is 10.1 Å². The van der Waals surface area contributed by atoms with E-state index in [1.807, 2.05) is 30.7 Å². The Hall–Kier alpha value is -3.17. The maximum absolute atomic E-state index is 7.60. The number of allylic oxidation sites excluding steroid dienone is 1. The average Bonchev–Trinajstić information content (AvgIpc) is 2.78. The minimum Gasteiger partial charge on any atom is -0.494 e. The van der Waals surface area contributed by atoms with E-state index in [-0.39, 0.29) is 0 Å². The maximum atomic E-state index is 7.60. The molecule has 9 nitrogen and oxygen atoms in total. The van der Waals surface area contributed by atoms with E-state index in [2.05, 4.69) is 39.2 Å². The number of rotatable bonds is 8. The van der Waals surface area contributed by atoms with Crippen molar-refractivity contribution in [3.63, 3.8) is 0 Å². The van der Waals surface area contributed by atoms with Crippen LogP contribution in [0.2, 0.25) is 0 Å². The quantitative estimate of drug-likeness (QED) is 0.374. The summed E-state index contributed by atoms with van der Waals surface area (Å²) in [6, 6.07) is 6.23. The summed E-state index contributed by atoms with van der Waals surface area (Å²) in [5, 5.41) is 12.7. The summed E-state index contributed by atoms with van der Waals surface area (Å²) in [6.07, 6.45) is 6.99. The van der Waals surface area contributed by atoms with Crippen LogP contribution in [-0.4, -0.2) is 68.5 Å². The number of benzene rings is 1. The van der Waals surface area contributed by atoms with Gasteiger partial charge in [0.1, 0.15) is 11.9 Å². The molecule has 1 saturated heterocycles. The van der Waals surface area contributed by atoms with Crippen LogP contribution in [0.5, 0.6) is 5.75 Å². The molecule has 1 aromatic heterocycles. The van der Waals surface area contributed by atoms with Crippen molar-refractivity contribution in [1.29, 1.82) is 5.41 Å². The summed E-state index contributed by atoms with van der Waals surface area (Å²) in [4.78, 5) is 13.4. The lowest BCUT2D eigenvalue weighted by molar-refractivity contribution is -0.555. The Labute approximate surface area is 183 Å². The molecule has 6 N–H and O–H groups in total. The van der Waals surface area contributed by atoms with Gasteiger partial charge in [0.15, 0.2) is 0 Å². The molecule has 1 fully saturated rings. The van der Waals surface area contributed by atoms with E-state index >= 15 is 0 Å². The number of piperidine rings is 1. The zero-order valence-electron chi connectivity index (χ0n) is 18.7. The van der Waals surface area contributed by atoms with Crippen LogP contribution in [0.1, 0.15) is 18.5 Å². The summed E-state index contributed by atoms with van der Waals surface area (Å²) < 4.78 is 5.64. The van der Waals surface area contributed by atoms with Crippen LogP contribution in [0.15, 0.2) is 30.6 Å². The van der Waals surface area contributed by atoms with Crippen LogP contribution < -0.4 is 26.0 Å². The Morgan fingerprint density at radius 1 is 1.35 bits per heavy atom. The summed E-state index contributed by atoms with van der Waals surface area (Å²) in [6.45, 7) is 1.92. The molecule has 2 heterocycles. The van der Waals surface area contributed by atoms with Gasteiger partial charge in [0.2, 0.25) is 5.95 Å². The van der Waals surface area contributed by atoms with Gasteiger partial charge in [-0.25, -0.2) is 9.97 Å². The lowest BCUT2D eigenvalue weighted by Crippen LogP contribution is -2.72. The molecule has 0 unspecified atom stereocenters. The van der Waals surface area contributed by atoms with Gasteiger partial charge in [-0.3, -0.25) is 0 Å². The Balaban J connectivity index is 1.83. The zero-order chi connectivity index (χ0) is 22.4. The van der Waals surface area contributed by atoms with Gasteiger partial charge in [-0.05, 0) is 39.1 Å². The van der Waals surface area contributed by atoms with Crippen LogP contribution in [0.3, 0.4) is 0 Å². The molecule has 1 aromatic carbocycles. The Kier molecular flexibility index (Phi) is 7.43. The highest BCUT2D eigenvalue weighted by Gasteiger charge is 2.23. The van der Waals surface area contributed by atoms with Crippen molar-refractivity contribution in [3.8, 4) is 5.75 Å². The monoisotopic (exact) mass is 425 g/mol. The van der Waals surface area contributed by atoms with Crippen LogP contribution in [0.25, 0.3) is 5.57 Å². The Bertz CT molecular complexity index is 935. The first-order valence-corrected chi connectivity index (χ1v) is 10.5. The number of nitrogen functional groups attached to an aromatic ring is 1. The second-order valence-electron chi connectivity index (χ2n) is 7.78. The Morgan fingerprint density at radius 3 is 2.71 bits per heavy atom. The number of anilines is 4. The van der Waals surface area contributed by atoms with Gasteiger partial charge in [-0.1, -0.05) is 0 Å². The van der Waals surface area contributed by atoms with Crippen LogP contribution in [0.4, 0.5) is 23.0 Å². The molecule has 0 amide bonds. The van der Waals surface area contributed by atoms with Crippen molar-refractivity contribution in [2.24, 2.45) is 0 Å². The predicted octanol–water partition coefficient (Wildman–Crippen LogP) is 1.53. The van der Waals surface area contributed by atoms with Crippen LogP contribution >= 0.6 is 0 Å². The van der Waals surface area contributed by atoms with Gasteiger partial charge in [-0.15, -0.1) is 0 Å². The molecule has 0 radical (unpaired) electrons. The summed E-state index contributed by atoms with van der Waals surface area (Å²) in [7, 11) is 7.82. The molecule has 2 aromatic rings. The van der Waals surface area contributed by atoms with E-state index < -0.39 is 0 Å². The molecule has 1 aliphatic rings. The van der Waals surface area contributed by atoms with Gasteiger partial charge in [0.05, 0.1) is 42.5 Å². The van der Waals surface area contributed by atoms with Gasteiger partial charge < -0.3 is 36.3 Å². The number of nitrogens with two attached hydrogens (primary N) is 2. The third-order valence-corrected chi connectivity index (χ3v) is 5.58. The number of methoxy groups -OCH3 is 1. The molecule has 0 saturated carbocycles. The predicted molar refractivity (Wildman–Crippen MR) is 126 cm³/mol. The van der Waals surface area contributed by atoms with E-state index in [9.17, 15) is 0 Å². The maximum Gasteiger partial charge on any atom is 0.227 e. The molecule has 3 rings (SSSR count). The zero-order valence-corrected chi connectivity index (χ0v) is 18.7. The number of nitrogens with one attached hydrogen (secondary N) is 2. The average molecular weight is 426 g/mol. The fourth-order valence-electron chi connectivity index (χ4n) is 3.84. The molecule has 166 valence electrons. The smallest absolute Gasteiger partial charge is 0.227 e. The number of nitrogens with zero attached hydrogens (tertiary/aromatic N) is 4. The van der Waals surface area contributed by atoms with Crippen molar-refractivity contribution >= 4 is 34.8 Å². The minimum absolute atomic E-state index is 0.415. The van der Waals surface area contributed by atoms with E-state index in [4.69, 9.17) is 15.9 Å². The topological polar surface area (TPSA) is 120 Å². The number of aromatic nitrogens is 2. The lowest BCUT2D eigenvalue weighted by atomic mass is 10.0. The fourth-order valence-corrected chi connectivity index (χ4v) is 3.84. The molecular formula is C22H33N8O+. The number of ether oxygens (including phenoxy) is 1. The van der Waals surface area contributed by atoms with Gasteiger partial charge in [-0.2, -0.15) is 0 Å². The third kappa shape index (κ3) is 5.31. The number of hydrogen-bond acceptors (Lipinski definition) is 8. The molecule has 0 atom stereocenters. The molecule has 0 bridgehead atoms. The van der Waals surface area contributed by atoms with Gasteiger partial charge in [0, 0.05) is 37.6 Å². The second-order valence-corrected chi connectivity index (χ2v) is 7.78. The van der Waals surface area contributed by atoms with Crippen molar-refractivity contribution in [2.75, 3.05) is 57.3 Å². The highest BCUT2D eigenvalue weighted by Crippen LogP contribution is 2.37. The summed E-state index contributed by atoms with van der Waals surface area (Å²) in [5.41, 5.74) is 10.2. The molecule has 0 aliphatic carbocycles. The third-order valence-electron chi connectivity index (χ3n) is 5.58. The van der Waals surface area contributed by atoms with Crippen molar-refractivity contribution in [3.05, 3.63) is 36.3 Å².